The SMILES string of the molecule is O=C(OCCc1ccccc1)C(CCOS(=O)(=O)c1ccccc1[N+](=O)[O-])OS(=O)(=O)c1ccccc1[N+](=O)[O-]. The lowest BCUT2D eigenvalue weighted by Gasteiger charge is -2.17. The zero-order valence-corrected chi connectivity index (χ0v) is 22.2. The van der Waals surface area contributed by atoms with E-state index in [1.807, 2.05) is 0 Å². The van der Waals surface area contributed by atoms with Gasteiger partial charge in [0.05, 0.1) is 23.1 Å². The van der Waals surface area contributed by atoms with Gasteiger partial charge in [0, 0.05) is 25.0 Å². The molecule has 14 nitrogen and oxygen atoms in total. The summed E-state index contributed by atoms with van der Waals surface area (Å²) < 4.78 is 65.9. The van der Waals surface area contributed by atoms with E-state index in [2.05, 4.69) is 0 Å². The lowest BCUT2D eigenvalue weighted by molar-refractivity contribution is -0.388. The van der Waals surface area contributed by atoms with E-state index in [4.69, 9.17) is 13.1 Å². The number of ether oxygens (including phenoxy) is 1. The Hall–Kier alpha value is -4.25. The van der Waals surface area contributed by atoms with E-state index in [1.54, 1.807) is 30.3 Å². The molecule has 1 atom stereocenters. The molecule has 0 radical (unpaired) electrons. The number of nitrogens with zero attached hydrogens (tertiary/aromatic N) is 2. The first-order valence-electron chi connectivity index (χ1n) is 11.4. The summed E-state index contributed by atoms with van der Waals surface area (Å²) in [5.74, 6) is -1.20. The van der Waals surface area contributed by atoms with Gasteiger partial charge < -0.3 is 4.74 Å². The minimum Gasteiger partial charge on any atom is -0.463 e. The smallest absolute Gasteiger partial charge is 0.336 e. The molecule has 0 fully saturated rings. The van der Waals surface area contributed by atoms with E-state index in [0.29, 0.717) is 0 Å². The topological polar surface area (TPSA) is 199 Å². The molecular formula is C24H22N2O12S2. The van der Waals surface area contributed by atoms with Gasteiger partial charge in [-0.3, -0.25) is 28.6 Å². The number of carbonyl (C=O) groups excluding carboxylic acids is 1. The van der Waals surface area contributed by atoms with Crippen LogP contribution < -0.4 is 0 Å². The van der Waals surface area contributed by atoms with Gasteiger partial charge in [-0.05, 0) is 17.7 Å². The molecule has 0 amide bonds. The van der Waals surface area contributed by atoms with Crippen molar-refractivity contribution in [1.82, 2.24) is 0 Å². The molecule has 3 aromatic rings. The Kier molecular flexibility index (Phi) is 10.0. The van der Waals surface area contributed by atoms with Crippen molar-refractivity contribution in [2.24, 2.45) is 0 Å². The molecule has 40 heavy (non-hydrogen) atoms. The van der Waals surface area contributed by atoms with Crippen LogP contribution in [0.25, 0.3) is 0 Å². The van der Waals surface area contributed by atoms with Crippen molar-refractivity contribution in [2.45, 2.75) is 28.7 Å². The van der Waals surface area contributed by atoms with Gasteiger partial charge in [-0.15, -0.1) is 0 Å². The van der Waals surface area contributed by atoms with Crippen LogP contribution >= 0.6 is 0 Å². The molecule has 3 rings (SSSR count). The zero-order valence-electron chi connectivity index (χ0n) is 20.5. The summed E-state index contributed by atoms with van der Waals surface area (Å²) in [7, 11) is -9.64. The fraction of sp³-hybridized carbons (Fsp3) is 0.208. The van der Waals surface area contributed by atoms with Gasteiger partial charge in [0.2, 0.25) is 0 Å². The number of para-hydroxylation sites is 2. The number of carbonyl (C=O) groups is 1. The molecule has 0 aromatic heterocycles. The van der Waals surface area contributed by atoms with Gasteiger partial charge in [0.1, 0.15) is 0 Å². The van der Waals surface area contributed by atoms with Gasteiger partial charge >= 0.3 is 26.2 Å². The van der Waals surface area contributed by atoms with E-state index in [0.717, 1.165) is 29.8 Å². The van der Waals surface area contributed by atoms with Gasteiger partial charge in [-0.1, -0.05) is 54.6 Å². The molecule has 0 aliphatic heterocycles. The van der Waals surface area contributed by atoms with Crippen LogP contribution in [0.5, 0.6) is 0 Å². The molecule has 212 valence electrons. The van der Waals surface area contributed by atoms with E-state index in [-0.39, 0.29) is 13.0 Å². The van der Waals surface area contributed by atoms with Gasteiger partial charge in [0.15, 0.2) is 15.9 Å². The molecule has 0 bridgehead atoms. The highest BCUT2D eigenvalue weighted by atomic mass is 32.2. The molecule has 0 saturated heterocycles. The minimum atomic E-state index is -4.93. The lowest BCUT2D eigenvalue weighted by atomic mass is 10.2. The second-order valence-electron chi connectivity index (χ2n) is 7.96. The van der Waals surface area contributed by atoms with Crippen LogP contribution in [0.4, 0.5) is 11.4 Å². The van der Waals surface area contributed by atoms with Crippen molar-refractivity contribution < 1.29 is 44.6 Å². The third-order valence-electron chi connectivity index (χ3n) is 5.26. The maximum absolute atomic E-state index is 12.9. The highest BCUT2D eigenvalue weighted by Gasteiger charge is 2.34. The number of nitro benzene ring substituents is 2. The Morgan fingerprint density at radius 2 is 1.23 bits per heavy atom. The maximum Gasteiger partial charge on any atom is 0.336 e. The summed E-state index contributed by atoms with van der Waals surface area (Å²) in [5, 5.41) is 22.5. The molecule has 0 aliphatic rings. The van der Waals surface area contributed by atoms with Crippen LogP contribution in [-0.2, 0) is 44.6 Å². The summed E-state index contributed by atoms with van der Waals surface area (Å²) in [6.45, 7) is -1.04. The summed E-state index contributed by atoms with van der Waals surface area (Å²) in [5.41, 5.74) is -0.761. The van der Waals surface area contributed by atoms with Crippen LogP contribution in [0, 0.1) is 20.2 Å². The minimum absolute atomic E-state index is 0.191. The molecular weight excluding hydrogens is 572 g/mol. The summed E-state index contributed by atoms with van der Waals surface area (Å²) in [6.07, 6.45) is -2.41. The summed E-state index contributed by atoms with van der Waals surface area (Å²) in [6, 6.07) is 17.5. The third kappa shape index (κ3) is 7.89. The van der Waals surface area contributed by atoms with Crippen molar-refractivity contribution in [3.8, 4) is 0 Å². The number of nitro groups is 2. The summed E-state index contributed by atoms with van der Waals surface area (Å²) >= 11 is 0. The number of hydrogen-bond acceptors (Lipinski definition) is 12. The second-order valence-corrected chi connectivity index (χ2v) is 11.1. The first-order valence-corrected chi connectivity index (χ1v) is 14.2. The molecule has 0 saturated carbocycles. The van der Waals surface area contributed by atoms with Gasteiger partial charge in [-0.25, -0.2) is 4.79 Å². The van der Waals surface area contributed by atoms with Crippen molar-refractivity contribution >= 4 is 37.6 Å². The Bertz CT molecular complexity index is 1590. The second kappa shape index (κ2) is 13.2. The standard InChI is InChI=1S/C24H22N2O12S2/c27-24(36-16-14-18-8-2-1-3-9-18)21(38-40(34,35)23-13-7-5-11-20(23)26(30)31)15-17-37-39(32,33)22-12-6-4-10-19(22)25(28)29/h1-13,21H,14-17H2. The Morgan fingerprint density at radius 3 is 1.77 bits per heavy atom. The Labute approximate surface area is 228 Å². The number of rotatable bonds is 14. The predicted octanol–water partition coefficient (Wildman–Crippen LogP) is 3.16. The Balaban J connectivity index is 1.79. The number of hydrogen-bond donors (Lipinski definition) is 0. The van der Waals surface area contributed by atoms with E-state index in [9.17, 15) is 41.9 Å². The average Bonchev–Trinajstić information content (AvgIpc) is 2.92. The van der Waals surface area contributed by atoms with Crippen molar-refractivity contribution in [1.29, 1.82) is 0 Å². The third-order valence-corrected chi connectivity index (χ3v) is 8.00. The zero-order chi connectivity index (χ0) is 29.3. The van der Waals surface area contributed by atoms with Gasteiger partial charge in [0.25, 0.3) is 11.4 Å². The van der Waals surface area contributed by atoms with E-state index >= 15 is 0 Å². The van der Waals surface area contributed by atoms with E-state index in [1.165, 1.54) is 24.3 Å². The normalized spacial score (nSPS) is 12.4. The fourth-order valence-electron chi connectivity index (χ4n) is 3.38. The largest absolute Gasteiger partial charge is 0.463 e. The van der Waals surface area contributed by atoms with Crippen LogP contribution in [0.3, 0.4) is 0 Å². The van der Waals surface area contributed by atoms with Crippen molar-refractivity contribution in [2.75, 3.05) is 13.2 Å². The quantitative estimate of drug-likeness (QED) is 0.114. The average molecular weight is 595 g/mol. The van der Waals surface area contributed by atoms with Crippen LogP contribution in [0.2, 0.25) is 0 Å². The Morgan fingerprint density at radius 1 is 0.725 bits per heavy atom. The van der Waals surface area contributed by atoms with E-state index < -0.39 is 76.3 Å². The molecule has 0 heterocycles. The molecule has 0 spiro atoms. The molecule has 1 unspecified atom stereocenters. The van der Waals surface area contributed by atoms with Gasteiger partial charge in [-0.2, -0.15) is 16.8 Å². The number of esters is 1. The summed E-state index contributed by atoms with van der Waals surface area (Å²) in [4.78, 5) is 31.8. The predicted molar refractivity (Wildman–Crippen MR) is 137 cm³/mol. The van der Waals surface area contributed by atoms with Crippen LogP contribution in [0.15, 0.2) is 88.7 Å². The lowest BCUT2D eigenvalue weighted by Crippen LogP contribution is -2.31. The molecule has 3 aromatic carbocycles. The van der Waals surface area contributed by atoms with Crippen LogP contribution in [-0.4, -0.2) is 52.0 Å². The maximum atomic E-state index is 12.9. The number of benzene rings is 3. The fourth-order valence-corrected chi connectivity index (χ4v) is 5.70. The highest BCUT2D eigenvalue weighted by Crippen LogP contribution is 2.27. The van der Waals surface area contributed by atoms with Crippen LogP contribution in [0.1, 0.15) is 12.0 Å². The monoisotopic (exact) mass is 594 g/mol. The molecule has 0 aliphatic carbocycles. The van der Waals surface area contributed by atoms with Crippen molar-refractivity contribution in [3.05, 3.63) is 105 Å². The molecule has 16 heteroatoms. The first-order chi connectivity index (χ1) is 18.9. The molecule has 0 N–H and O–H groups in total. The first kappa shape index (κ1) is 30.3. The highest BCUT2D eigenvalue weighted by molar-refractivity contribution is 7.87. The van der Waals surface area contributed by atoms with Crippen molar-refractivity contribution in [3.63, 3.8) is 0 Å².